The van der Waals surface area contributed by atoms with Gasteiger partial charge in [0.15, 0.2) is 0 Å². The second kappa shape index (κ2) is 7.60. The number of aryl methyl sites for hydroxylation is 1. The molecule has 4 nitrogen and oxygen atoms in total. The molecule has 2 aromatic rings. The van der Waals surface area contributed by atoms with E-state index in [1.807, 2.05) is 29.5 Å². The summed E-state index contributed by atoms with van der Waals surface area (Å²) in [6, 6.07) is 6.81. The van der Waals surface area contributed by atoms with Gasteiger partial charge in [-0.05, 0) is 50.3 Å². The van der Waals surface area contributed by atoms with Crippen LogP contribution in [0.1, 0.15) is 49.2 Å². The van der Waals surface area contributed by atoms with E-state index >= 15 is 0 Å². The summed E-state index contributed by atoms with van der Waals surface area (Å²) in [6.07, 6.45) is 2.43. The SMILES string of the molecule is Cc1nn(CC(C)C)c(C)c1CC(=O)N(Cc1cccc(F)c1)C1CC1. The van der Waals surface area contributed by atoms with Gasteiger partial charge in [0.1, 0.15) is 5.82 Å². The van der Waals surface area contributed by atoms with E-state index in [-0.39, 0.29) is 17.8 Å². The van der Waals surface area contributed by atoms with Crippen molar-refractivity contribution in [3.05, 3.63) is 52.6 Å². The molecule has 1 aliphatic carbocycles. The Labute approximate surface area is 155 Å². The van der Waals surface area contributed by atoms with Crippen molar-refractivity contribution >= 4 is 5.91 Å². The van der Waals surface area contributed by atoms with Crippen molar-refractivity contribution in [3.8, 4) is 0 Å². The van der Waals surface area contributed by atoms with Gasteiger partial charge in [0.25, 0.3) is 0 Å². The number of carbonyl (C=O) groups excluding carboxylic acids is 1. The minimum absolute atomic E-state index is 0.104. The quantitative estimate of drug-likeness (QED) is 0.750. The molecule has 1 amide bonds. The molecule has 140 valence electrons. The van der Waals surface area contributed by atoms with Crippen LogP contribution in [0.15, 0.2) is 24.3 Å². The summed E-state index contributed by atoms with van der Waals surface area (Å²) in [5, 5.41) is 4.62. The third-order valence-corrected chi connectivity index (χ3v) is 4.95. The molecule has 0 N–H and O–H groups in total. The van der Waals surface area contributed by atoms with Gasteiger partial charge in [-0.1, -0.05) is 26.0 Å². The molecule has 0 saturated heterocycles. The Hall–Kier alpha value is -2.17. The van der Waals surface area contributed by atoms with E-state index in [2.05, 4.69) is 18.9 Å². The lowest BCUT2D eigenvalue weighted by atomic mass is 10.1. The van der Waals surface area contributed by atoms with Crippen LogP contribution in [0.5, 0.6) is 0 Å². The Morgan fingerprint density at radius 2 is 2.08 bits per heavy atom. The summed E-state index contributed by atoms with van der Waals surface area (Å²) in [7, 11) is 0. The predicted molar refractivity (Wildman–Crippen MR) is 100 cm³/mol. The fraction of sp³-hybridized carbons (Fsp3) is 0.524. The molecule has 3 rings (SSSR count). The van der Waals surface area contributed by atoms with Crippen molar-refractivity contribution in [2.24, 2.45) is 5.92 Å². The van der Waals surface area contributed by atoms with Crippen LogP contribution >= 0.6 is 0 Å². The number of hydrogen-bond donors (Lipinski definition) is 0. The van der Waals surface area contributed by atoms with Crippen molar-refractivity contribution in [3.63, 3.8) is 0 Å². The maximum absolute atomic E-state index is 13.5. The Morgan fingerprint density at radius 3 is 2.69 bits per heavy atom. The van der Waals surface area contributed by atoms with Crippen LogP contribution in [-0.4, -0.2) is 26.6 Å². The second-order valence-electron chi connectivity index (χ2n) is 7.78. The molecule has 1 fully saturated rings. The first-order valence-corrected chi connectivity index (χ1v) is 9.42. The molecular weight excluding hydrogens is 329 g/mol. The van der Waals surface area contributed by atoms with E-state index < -0.39 is 0 Å². The van der Waals surface area contributed by atoms with Gasteiger partial charge in [-0.3, -0.25) is 9.48 Å². The number of halogens is 1. The molecule has 0 aliphatic heterocycles. The third-order valence-electron chi connectivity index (χ3n) is 4.95. The Kier molecular flexibility index (Phi) is 5.44. The first-order valence-electron chi connectivity index (χ1n) is 9.42. The monoisotopic (exact) mass is 357 g/mol. The van der Waals surface area contributed by atoms with Crippen molar-refractivity contribution in [2.45, 2.75) is 66.1 Å². The first-order chi connectivity index (χ1) is 12.3. The second-order valence-corrected chi connectivity index (χ2v) is 7.78. The first kappa shape index (κ1) is 18.6. The number of hydrogen-bond acceptors (Lipinski definition) is 2. The number of nitrogens with zero attached hydrogens (tertiary/aromatic N) is 3. The fourth-order valence-corrected chi connectivity index (χ4v) is 3.41. The number of benzene rings is 1. The molecule has 5 heteroatoms. The molecule has 0 radical (unpaired) electrons. The van der Waals surface area contributed by atoms with Crippen molar-refractivity contribution in [1.29, 1.82) is 0 Å². The molecule has 1 heterocycles. The van der Waals surface area contributed by atoms with Crippen LogP contribution in [0.25, 0.3) is 0 Å². The zero-order valence-corrected chi connectivity index (χ0v) is 16.1. The number of amides is 1. The highest BCUT2D eigenvalue weighted by Gasteiger charge is 2.33. The van der Waals surface area contributed by atoms with E-state index in [1.165, 1.54) is 12.1 Å². The van der Waals surface area contributed by atoms with E-state index in [1.54, 1.807) is 6.07 Å². The number of rotatable bonds is 7. The minimum Gasteiger partial charge on any atom is -0.335 e. The summed E-state index contributed by atoms with van der Waals surface area (Å²) >= 11 is 0. The van der Waals surface area contributed by atoms with Crippen molar-refractivity contribution in [1.82, 2.24) is 14.7 Å². The largest absolute Gasteiger partial charge is 0.335 e. The molecule has 1 aromatic heterocycles. The molecule has 0 bridgehead atoms. The highest BCUT2D eigenvalue weighted by molar-refractivity contribution is 5.80. The Bertz CT molecular complexity index is 793. The van der Waals surface area contributed by atoms with Gasteiger partial charge in [-0.2, -0.15) is 5.10 Å². The van der Waals surface area contributed by atoms with Gasteiger partial charge >= 0.3 is 0 Å². The molecular formula is C21H28FN3O. The van der Waals surface area contributed by atoms with Gasteiger partial charge in [-0.25, -0.2) is 4.39 Å². The highest BCUT2D eigenvalue weighted by atomic mass is 19.1. The van der Waals surface area contributed by atoms with E-state index in [0.29, 0.717) is 18.9 Å². The summed E-state index contributed by atoms with van der Waals surface area (Å²) in [5.41, 5.74) is 3.87. The molecule has 1 aromatic carbocycles. The molecule has 26 heavy (non-hydrogen) atoms. The average Bonchev–Trinajstić information content (AvgIpc) is 3.36. The predicted octanol–water partition coefficient (Wildman–Crippen LogP) is 4.03. The normalized spacial score (nSPS) is 14.1. The van der Waals surface area contributed by atoms with Crippen molar-refractivity contribution in [2.75, 3.05) is 0 Å². The molecule has 0 unspecified atom stereocenters. The summed E-state index contributed by atoms with van der Waals surface area (Å²) in [6.45, 7) is 9.67. The van der Waals surface area contributed by atoms with Crippen molar-refractivity contribution < 1.29 is 9.18 Å². The van der Waals surface area contributed by atoms with Gasteiger partial charge in [0, 0.05) is 30.4 Å². The number of carbonyl (C=O) groups is 1. The zero-order valence-electron chi connectivity index (χ0n) is 16.1. The molecule has 1 saturated carbocycles. The van der Waals surface area contributed by atoms with Gasteiger partial charge in [0.2, 0.25) is 5.91 Å². The minimum atomic E-state index is -0.257. The van der Waals surface area contributed by atoms with Crippen LogP contribution in [0.4, 0.5) is 4.39 Å². The third kappa shape index (κ3) is 4.32. The smallest absolute Gasteiger partial charge is 0.227 e. The maximum Gasteiger partial charge on any atom is 0.227 e. The topological polar surface area (TPSA) is 38.1 Å². The van der Waals surface area contributed by atoms with Crippen LogP contribution in [-0.2, 0) is 24.3 Å². The molecule has 0 atom stereocenters. The van der Waals surface area contributed by atoms with Crippen LogP contribution in [0.2, 0.25) is 0 Å². The molecule has 0 spiro atoms. The van der Waals surface area contributed by atoms with Crippen LogP contribution in [0, 0.1) is 25.6 Å². The summed E-state index contributed by atoms with van der Waals surface area (Å²) in [5.74, 6) is 0.354. The van der Waals surface area contributed by atoms with E-state index in [4.69, 9.17) is 0 Å². The van der Waals surface area contributed by atoms with Gasteiger partial charge in [-0.15, -0.1) is 0 Å². The fourth-order valence-electron chi connectivity index (χ4n) is 3.41. The van der Waals surface area contributed by atoms with E-state index in [0.717, 1.165) is 41.9 Å². The average molecular weight is 357 g/mol. The lowest BCUT2D eigenvalue weighted by Gasteiger charge is -2.23. The summed E-state index contributed by atoms with van der Waals surface area (Å²) < 4.78 is 15.5. The van der Waals surface area contributed by atoms with Crippen LogP contribution in [0.3, 0.4) is 0 Å². The Morgan fingerprint density at radius 1 is 1.35 bits per heavy atom. The summed E-state index contributed by atoms with van der Waals surface area (Å²) in [4.78, 5) is 14.9. The standard InChI is InChI=1S/C21H28FN3O/c1-14(2)12-25-16(4)20(15(3)23-25)11-21(26)24(19-8-9-19)13-17-6-5-7-18(22)10-17/h5-7,10,14,19H,8-9,11-13H2,1-4H3. The van der Waals surface area contributed by atoms with Gasteiger partial charge in [0.05, 0.1) is 12.1 Å². The lowest BCUT2D eigenvalue weighted by molar-refractivity contribution is -0.131. The number of aromatic nitrogens is 2. The maximum atomic E-state index is 13.5. The lowest BCUT2D eigenvalue weighted by Crippen LogP contribution is -2.34. The van der Waals surface area contributed by atoms with E-state index in [9.17, 15) is 9.18 Å². The zero-order chi connectivity index (χ0) is 18.8. The van der Waals surface area contributed by atoms with Gasteiger partial charge < -0.3 is 4.90 Å². The van der Waals surface area contributed by atoms with Crippen LogP contribution < -0.4 is 0 Å². The Balaban J connectivity index is 1.76. The molecule has 1 aliphatic rings. The highest BCUT2D eigenvalue weighted by Crippen LogP contribution is 2.29.